The standard InChI is InChI=1S/C22H29N3O3/c1-23-22(24-13-15-8-11-20(27-2)21(12-15)28-3)25-14-18-17-7-5-4-6-16(17)9-10-19(18)26/h8-12,26H,4-7,13-14H2,1-3H3,(H2,23,24,25). The summed E-state index contributed by atoms with van der Waals surface area (Å²) in [6, 6.07) is 9.68. The minimum Gasteiger partial charge on any atom is -0.508 e. The van der Waals surface area contributed by atoms with Gasteiger partial charge in [-0.25, -0.2) is 0 Å². The number of phenols is 1. The zero-order chi connectivity index (χ0) is 19.9. The van der Waals surface area contributed by atoms with Crippen LogP contribution in [0.2, 0.25) is 0 Å². The molecule has 0 bridgehead atoms. The lowest BCUT2D eigenvalue weighted by Gasteiger charge is -2.21. The van der Waals surface area contributed by atoms with Crippen molar-refractivity contribution in [1.29, 1.82) is 0 Å². The first kappa shape index (κ1) is 19.9. The fourth-order valence-electron chi connectivity index (χ4n) is 3.66. The molecule has 0 saturated heterocycles. The Labute approximate surface area is 166 Å². The Bertz CT molecular complexity index is 849. The molecular weight excluding hydrogens is 354 g/mol. The number of aryl methyl sites for hydroxylation is 1. The van der Waals surface area contributed by atoms with Crippen LogP contribution in [0.3, 0.4) is 0 Å². The van der Waals surface area contributed by atoms with Gasteiger partial charge in [-0.3, -0.25) is 4.99 Å². The van der Waals surface area contributed by atoms with Crippen molar-refractivity contribution in [1.82, 2.24) is 10.6 Å². The molecule has 0 radical (unpaired) electrons. The highest BCUT2D eigenvalue weighted by molar-refractivity contribution is 5.79. The quantitative estimate of drug-likeness (QED) is 0.528. The van der Waals surface area contributed by atoms with Gasteiger partial charge in [-0.05, 0) is 60.6 Å². The third-order valence-corrected chi connectivity index (χ3v) is 5.19. The highest BCUT2D eigenvalue weighted by Crippen LogP contribution is 2.30. The minimum absolute atomic E-state index is 0.350. The second kappa shape index (κ2) is 9.35. The maximum atomic E-state index is 10.3. The Balaban J connectivity index is 1.63. The molecule has 150 valence electrons. The van der Waals surface area contributed by atoms with Crippen LogP contribution in [0.1, 0.15) is 35.1 Å². The summed E-state index contributed by atoms with van der Waals surface area (Å²) in [6.07, 6.45) is 4.52. The number of aromatic hydroxyl groups is 1. The van der Waals surface area contributed by atoms with Crippen LogP contribution in [0.25, 0.3) is 0 Å². The van der Waals surface area contributed by atoms with Crippen LogP contribution in [0, 0.1) is 0 Å². The number of rotatable bonds is 6. The van der Waals surface area contributed by atoms with E-state index in [1.165, 1.54) is 24.0 Å². The van der Waals surface area contributed by atoms with E-state index in [0.29, 0.717) is 36.3 Å². The summed E-state index contributed by atoms with van der Waals surface area (Å²) in [5.74, 6) is 2.44. The minimum atomic E-state index is 0.350. The van der Waals surface area contributed by atoms with Crippen molar-refractivity contribution in [3.05, 3.63) is 52.6 Å². The molecule has 0 heterocycles. The Hall–Kier alpha value is -2.89. The van der Waals surface area contributed by atoms with E-state index in [-0.39, 0.29) is 0 Å². The van der Waals surface area contributed by atoms with Crippen molar-refractivity contribution in [2.75, 3.05) is 21.3 Å². The number of nitrogens with zero attached hydrogens (tertiary/aromatic N) is 1. The van der Waals surface area contributed by atoms with E-state index in [2.05, 4.69) is 21.7 Å². The smallest absolute Gasteiger partial charge is 0.191 e. The molecule has 2 aromatic rings. The topological polar surface area (TPSA) is 75.1 Å². The van der Waals surface area contributed by atoms with Gasteiger partial charge < -0.3 is 25.2 Å². The van der Waals surface area contributed by atoms with Gasteiger partial charge in [-0.1, -0.05) is 12.1 Å². The van der Waals surface area contributed by atoms with E-state index < -0.39 is 0 Å². The predicted molar refractivity (Wildman–Crippen MR) is 111 cm³/mol. The lowest BCUT2D eigenvalue weighted by atomic mass is 9.88. The molecule has 0 amide bonds. The molecule has 3 rings (SSSR count). The third-order valence-electron chi connectivity index (χ3n) is 5.19. The second-order valence-electron chi connectivity index (χ2n) is 6.88. The molecule has 0 saturated carbocycles. The number of ether oxygens (including phenoxy) is 2. The number of aliphatic imine (C=N–C) groups is 1. The summed E-state index contributed by atoms with van der Waals surface area (Å²) >= 11 is 0. The molecule has 2 aromatic carbocycles. The molecule has 6 heteroatoms. The van der Waals surface area contributed by atoms with Crippen LogP contribution in [-0.4, -0.2) is 32.3 Å². The highest BCUT2D eigenvalue weighted by Gasteiger charge is 2.16. The van der Waals surface area contributed by atoms with Crippen molar-refractivity contribution < 1.29 is 14.6 Å². The first-order chi connectivity index (χ1) is 13.7. The second-order valence-corrected chi connectivity index (χ2v) is 6.88. The monoisotopic (exact) mass is 383 g/mol. The van der Waals surface area contributed by atoms with E-state index in [1.807, 2.05) is 18.2 Å². The highest BCUT2D eigenvalue weighted by atomic mass is 16.5. The van der Waals surface area contributed by atoms with Gasteiger partial charge in [0, 0.05) is 25.7 Å². The van der Waals surface area contributed by atoms with Gasteiger partial charge in [-0.2, -0.15) is 0 Å². The first-order valence-corrected chi connectivity index (χ1v) is 9.64. The van der Waals surface area contributed by atoms with E-state index >= 15 is 0 Å². The number of fused-ring (bicyclic) bond motifs is 1. The van der Waals surface area contributed by atoms with Crippen molar-refractivity contribution >= 4 is 5.96 Å². The van der Waals surface area contributed by atoms with Crippen LogP contribution < -0.4 is 20.1 Å². The van der Waals surface area contributed by atoms with Crippen molar-refractivity contribution in [2.24, 2.45) is 4.99 Å². The fraction of sp³-hybridized carbons (Fsp3) is 0.409. The SMILES string of the molecule is CN=C(NCc1ccc(OC)c(OC)c1)NCc1c(O)ccc2c1CCCC2. The molecule has 6 nitrogen and oxygen atoms in total. The van der Waals surface area contributed by atoms with Gasteiger partial charge in [0.15, 0.2) is 17.5 Å². The number of hydrogen-bond acceptors (Lipinski definition) is 4. The summed E-state index contributed by atoms with van der Waals surface area (Å²) in [4.78, 5) is 4.29. The molecule has 0 unspecified atom stereocenters. The molecule has 1 aliphatic rings. The molecule has 3 N–H and O–H groups in total. The van der Waals surface area contributed by atoms with Crippen LogP contribution >= 0.6 is 0 Å². The number of guanidine groups is 1. The normalized spacial score (nSPS) is 13.6. The van der Waals surface area contributed by atoms with Gasteiger partial charge in [0.1, 0.15) is 5.75 Å². The van der Waals surface area contributed by atoms with Gasteiger partial charge in [-0.15, -0.1) is 0 Å². The number of nitrogens with one attached hydrogen (secondary N) is 2. The zero-order valence-electron chi connectivity index (χ0n) is 16.8. The lowest BCUT2D eigenvalue weighted by Crippen LogP contribution is -2.36. The fourth-order valence-corrected chi connectivity index (χ4v) is 3.66. The molecule has 0 fully saturated rings. The van der Waals surface area contributed by atoms with Gasteiger partial charge in [0.05, 0.1) is 14.2 Å². The molecular formula is C22H29N3O3. The van der Waals surface area contributed by atoms with Crippen molar-refractivity contribution in [2.45, 2.75) is 38.8 Å². The molecule has 0 spiro atoms. The third kappa shape index (κ3) is 4.50. The van der Waals surface area contributed by atoms with E-state index in [4.69, 9.17) is 9.47 Å². The molecule has 1 aliphatic carbocycles. The number of hydrogen-bond donors (Lipinski definition) is 3. The molecule has 0 aromatic heterocycles. The summed E-state index contributed by atoms with van der Waals surface area (Å²) in [7, 11) is 4.99. The number of phenolic OH excluding ortho intramolecular Hbond substituents is 1. The summed E-state index contributed by atoms with van der Waals surface area (Å²) in [5, 5.41) is 17.0. The molecule has 0 atom stereocenters. The lowest BCUT2D eigenvalue weighted by molar-refractivity contribution is 0.354. The van der Waals surface area contributed by atoms with Gasteiger partial charge in [0.2, 0.25) is 0 Å². The van der Waals surface area contributed by atoms with Crippen LogP contribution in [0.4, 0.5) is 0 Å². The van der Waals surface area contributed by atoms with E-state index in [9.17, 15) is 5.11 Å². The largest absolute Gasteiger partial charge is 0.508 e. The molecule has 28 heavy (non-hydrogen) atoms. The Morgan fingerprint density at radius 3 is 2.50 bits per heavy atom. The summed E-state index contributed by atoms with van der Waals surface area (Å²) < 4.78 is 10.6. The van der Waals surface area contributed by atoms with E-state index in [0.717, 1.165) is 24.0 Å². The van der Waals surface area contributed by atoms with Crippen LogP contribution in [-0.2, 0) is 25.9 Å². The zero-order valence-corrected chi connectivity index (χ0v) is 16.8. The van der Waals surface area contributed by atoms with Gasteiger partial charge in [0.25, 0.3) is 0 Å². The number of methoxy groups -OCH3 is 2. The van der Waals surface area contributed by atoms with Crippen LogP contribution in [0.15, 0.2) is 35.3 Å². The predicted octanol–water partition coefficient (Wildman–Crippen LogP) is 3.15. The Morgan fingerprint density at radius 1 is 1.00 bits per heavy atom. The average molecular weight is 383 g/mol. The summed E-state index contributed by atoms with van der Waals surface area (Å²) in [5.41, 5.74) is 4.68. The van der Waals surface area contributed by atoms with Crippen LogP contribution in [0.5, 0.6) is 17.2 Å². The average Bonchev–Trinajstić information content (AvgIpc) is 2.74. The van der Waals surface area contributed by atoms with Crippen molar-refractivity contribution in [3.63, 3.8) is 0 Å². The maximum Gasteiger partial charge on any atom is 0.191 e. The van der Waals surface area contributed by atoms with Gasteiger partial charge >= 0.3 is 0 Å². The Kier molecular flexibility index (Phi) is 6.63. The number of benzene rings is 2. The molecule has 0 aliphatic heterocycles. The van der Waals surface area contributed by atoms with Crippen molar-refractivity contribution in [3.8, 4) is 17.2 Å². The maximum absolute atomic E-state index is 10.3. The first-order valence-electron chi connectivity index (χ1n) is 9.64. The summed E-state index contributed by atoms with van der Waals surface area (Å²) in [6.45, 7) is 1.14. The van der Waals surface area contributed by atoms with E-state index in [1.54, 1.807) is 27.3 Å². The Morgan fingerprint density at radius 2 is 1.75 bits per heavy atom.